The maximum Gasteiger partial charge on any atom is 0.250 e. The van der Waals surface area contributed by atoms with Crippen molar-refractivity contribution >= 4 is 46.2 Å². The number of methoxy groups -OCH3 is 1. The molecule has 9 heteroatoms. The van der Waals surface area contributed by atoms with Crippen molar-refractivity contribution in [2.45, 2.75) is 19.0 Å². The van der Waals surface area contributed by atoms with Crippen LogP contribution in [-0.4, -0.2) is 34.3 Å². The van der Waals surface area contributed by atoms with Crippen LogP contribution in [0.25, 0.3) is 5.69 Å². The molecule has 1 amide bonds. The van der Waals surface area contributed by atoms with E-state index in [9.17, 15) is 4.79 Å². The van der Waals surface area contributed by atoms with Crippen LogP contribution in [0, 0.1) is 6.92 Å². The number of hydrogen-bond donors (Lipinski definition) is 2. The SMILES string of the molecule is COCC(=O)Nc1ccc(N2C(=S)N[C@@H](c3ccccn3)[C@H]2c2cccn2-c2cccc(C)c2)cc1Cl. The number of pyridine rings is 1. The number of hydrogen-bond acceptors (Lipinski definition) is 4. The molecule has 2 atom stereocenters. The van der Waals surface area contributed by atoms with Gasteiger partial charge in [0.25, 0.3) is 0 Å². The van der Waals surface area contributed by atoms with Gasteiger partial charge in [-0.15, -0.1) is 0 Å². The largest absolute Gasteiger partial charge is 0.375 e. The minimum atomic E-state index is -0.278. The first-order chi connectivity index (χ1) is 18.0. The Labute approximate surface area is 226 Å². The van der Waals surface area contributed by atoms with Gasteiger partial charge in [-0.25, -0.2) is 0 Å². The van der Waals surface area contributed by atoms with Crippen molar-refractivity contribution in [1.29, 1.82) is 0 Å². The zero-order valence-electron chi connectivity index (χ0n) is 20.4. The van der Waals surface area contributed by atoms with Crippen molar-refractivity contribution in [2.24, 2.45) is 0 Å². The maximum absolute atomic E-state index is 12.0. The number of nitrogens with one attached hydrogen (secondary N) is 2. The molecule has 7 nitrogen and oxygen atoms in total. The van der Waals surface area contributed by atoms with Crippen molar-refractivity contribution in [2.75, 3.05) is 23.9 Å². The average molecular weight is 532 g/mol. The number of rotatable bonds is 7. The van der Waals surface area contributed by atoms with E-state index in [-0.39, 0.29) is 24.6 Å². The second-order valence-electron chi connectivity index (χ2n) is 8.78. The number of carbonyl (C=O) groups excluding carboxylic acids is 1. The van der Waals surface area contributed by atoms with Crippen LogP contribution in [0.3, 0.4) is 0 Å². The van der Waals surface area contributed by atoms with Gasteiger partial charge in [0, 0.05) is 36.6 Å². The molecule has 1 aliphatic heterocycles. The minimum Gasteiger partial charge on any atom is -0.375 e. The summed E-state index contributed by atoms with van der Waals surface area (Å²) in [4.78, 5) is 18.7. The number of halogens is 1. The highest BCUT2D eigenvalue weighted by Gasteiger charge is 2.42. The molecule has 0 saturated carbocycles. The Morgan fingerprint density at radius 3 is 2.70 bits per heavy atom. The fourth-order valence-electron chi connectivity index (χ4n) is 4.65. The summed E-state index contributed by atoms with van der Waals surface area (Å²) >= 11 is 12.5. The highest BCUT2D eigenvalue weighted by molar-refractivity contribution is 7.80. The lowest BCUT2D eigenvalue weighted by atomic mass is 10.0. The number of amides is 1. The van der Waals surface area contributed by atoms with E-state index in [0.29, 0.717) is 15.8 Å². The van der Waals surface area contributed by atoms with Gasteiger partial charge in [0.2, 0.25) is 5.91 Å². The zero-order chi connectivity index (χ0) is 25.9. The van der Waals surface area contributed by atoms with Crippen LogP contribution in [0.1, 0.15) is 29.0 Å². The molecule has 3 heterocycles. The van der Waals surface area contributed by atoms with E-state index >= 15 is 0 Å². The normalized spacial score (nSPS) is 17.1. The van der Waals surface area contributed by atoms with Crippen molar-refractivity contribution in [3.63, 3.8) is 0 Å². The van der Waals surface area contributed by atoms with E-state index in [1.807, 2.05) is 36.4 Å². The second-order valence-corrected chi connectivity index (χ2v) is 9.58. The summed E-state index contributed by atoms with van der Waals surface area (Å²) in [6.07, 6.45) is 3.84. The van der Waals surface area contributed by atoms with Gasteiger partial charge in [-0.1, -0.05) is 29.8 Å². The quantitative estimate of drug-likeness (QED) is 0.303. The Morgan fingerprint density at radius 2 is 1.97 bits per heavy atom. The molecule has 0 aliphatic carbocycles. The molecule has 0 radical (unpaired) electrons. The van der Waals surface area contributed by atoms with Gasteiger partial charge in [-0.05, 0) is 79.3 Å². The Bertz CT molecular complexity index is 1440. The predicted molar refractivity (Wildman–Crippen MR) is 150 cm³/mol. The third-order valence-electron chi connectivity index (χ3n) is 6.24. The second kappa shape index (κ2) is 10.7. The van der Waals surface area contributed by atoms with E-state index in [4.69, 9.17) is 28.6 Å². The molecule has 2 N–H and O–H groups in total. The van der Waals surface area contributed by atoms with E-state index in [0.717, 1.165) is 22.8 Å². The third kappa shape index (κ3) is 5.09. The van der Waals surface area contributed by atoms with Gasteiger partial charge in [-0.2, -0.15) is 0 Å². The number of ether oxygens (including phenoxy) is 1. The first kappa shape index (κ1) is 25.0. The van der Waals surface area contributed by atoms with Crippen molar-refractivity contribution in [3.8, 4) is 5.69 Å². The molecular formula is C28H26ClN5O2S. The molecule has 1 fully saturated rings. The number of aryl methyl sites for hydroxylation is 1. The van der Waals surface area contributed by atoms with Gasteiger partial charge in [0.1, 0.15) is 12.6 Å². The van der Waals surface area contributed by atoms with Crippen LogP contribution in [-0.2, 0) is 9.53 Å². The zero-order valence-corrected chi connectivity index (χ0v) is 22.0. The van der Waals surface area contributed by atoms with E-state index in [1.165, 1.54) is 12.7 Å². The summed E-state index contributed by atoms with van der Waals surface area (Å²) in [6.45, 7) is 2.03. The Hall–Kier alpha value is -3.72. The van der Waals surface area contributed by atoms with Crippen LogP contribution in [0.5, 0.6) is 0 Å². The Kier molecular flexibility index (Phi) is 7.23. The van der Waals surface area contributed by atoms with Crippen LogP contribution < -0.4 is 15.5 Å². The lowest BCUT2D eigenvalue weighted by Crippen LogP contribution is -2.30. The molecule has 1 aliphatic rings. The molecule has 188 valence electrons. The molecular weight excluding hydrogens is 506 g/mol. The lowest BCUT2D eigenvalue weighted by molar-refractivity contribution is -0.119. The third-order valence-corrected chi connectivity index (χ3v) is 6.87. The van der Waals surface area contributed by atoms with Gasteiger partial charge in [0.15, 0.2) is 5.11 Å². The maximum atomic E-state index is 12.0. The van der Waals surface area contributed by atoms with Gasteiger partial charge >= 0.3 is 0 Å². The molecule has 0 spiro atoms. The molecule has 37 heavy (non-hydrogen) atoms. The van der Waals surface area contributed by atoms with Gasteiger partial charge < -0.3 is 24.8 Å². The van der Waals surface area contributed by atoms with E-state index in [1.54, 1.807) is 12.3 Å². The van der Waals surface area contributed by atoms with Crippen LogP contribution in [0.2, 0.25) is 5.02 Å². The first-order valence-corrected chi connectivity index (χ1v) is 12.6. The topological polar surface area (TPSA) is 71.4 Å². The summed E-state index contributed by atoms with van der Waals surface area (Å²) in [6, 6.07) is 23.4. The van der Waals surface area contributed by atoms with Crippen LogP contribution >= 0.6 is 23.8 Å². The van der Waals surface area contributed by atoms with Gasteiger partial charge in [0.05, 0.1) is 22.4 Å². The molecule has 2 aromatic carbocycles. The number of aromatic nitrogens is 2. The van der Waals surface area contributed by atoms with Crippen molar-refractivity contribution < 1.29 is 9.53 Å². The number of benzene rings is 2. The number of nitrogens with zero attached hydrogens (tertiary/aromatic N) is 3. The molecule has 4 aromatic rings. The van der Waals surface area contributed by atoms with Crippen LogP contribution in [0.4, 0.5) is 11.4 Å². The monoisotopic (exact) mass is 531 g/mol. The molecule has 5 rings (SSSR count). The smallest absolute Gasteiger partial charge is 0.250 e. The molecule has 1 saturated heterocycles. The van der Waals surface area contributed by atoms with Crippen LogP contribution in [0.15, 0.2) is 85.2 Å². The summed E-state index contributed by atoms with van der Waals surface area (Å²) in [5, 5.41) is 7.22. The summed E-state index contributed by atoms with van der Waals surface area (Å²) in [5.41, 5.74) is 5.46. The molecule has 0 bridgehead atoms. The molecule has 2 aromatic heterocycles. The highest BCUT2D eigenvalue weighted by atomic mass is 35.5. The fourth-order valence-corrected chi connectivity index (χ4v) is 5.22. The standard InChI is InChI=1S/C28H26ClN5O2S/c1-18-7-5-8-19(15-18)33-14-6-10-24(33)27-26(23-9-3-4-13-30-23)32-28(37)34(27)20-11-12-22(21(29)16-20)31-25(35)17-36-2/h3-16,26-27H,17H2,1-2H3,(H,31,35)(H,32,37)/t26-,27+/m0/s1. The first-order valence-electron chi connectivity index (χ1n) is 11.8. The van der Waals surface area contributed by atoms with Crippen molar-refractivity contribution in [1.82, 2.24) is 14.9 Å². The van der Waals surface area contributed by atoms with Crippen molar-refractivity contribution in [3.05, 3.63) is 107 Å². The molecule has 0 unspecified atom stereocenters. The van der Waals surface area contributed by atoms with E-state index in [2.05, 4.69) is 68.5 Å². The summed E-state index contributed by atoms with van der Waals surface area (Å²) in [5.74, 6) is -0.278. The highest BCUT2D eigenvalue weighted by Crippen LogP contribution is 2.43. The number of carbonyl (C=O) groups is 1. The Morgan fingerprint density at radius 1 is 1.11 bits per heavy atom. The minimum absolute atomic E-state index is 0.0536. The summed E-state index contributed by atoms with van der Waals surface area (Å²) < 4.78 is 7.08. The number of thiocarbonyl (C=S) groups is 1. The fraction of sp³-hybridized carbons (Fsp3) is 0.179. The van der Waals surface area contributed by atoms with E-state index < -0.39 is 0 Å². The number of anilines is 2. The van der Waals surface area contributed by atoms with Gasteiger partial charge in [-0.3, -0.25) is 9.78 Å². The summed E-state index contributed by atoms with van der Waals surface area (Å²) in [7, 11) is 1.47. The average Bonchev–Trinajstić information content (AvgIpc) is 3.50. The lowest BCUT2D eigenvalue weighted by Gasteiger charge is -2.29. The predicted octanol–water partition coefficient (Wildman–Crippen LogP) is 5.60. The Balaban J connectivity index is 1.59.